The van der Waals surface area contributed by atoms with E-state index < -0.39 is 5.69 Å². The van der Waals surface area contributed by atoms with Crippen LogP contribution in [-0.4, -0.2) is 43.7 Å². The fourth-order valence-electron chi connectivity index (χ4n) is 5.13. The Morgan fingerprint density at radius 1 is 1.05 bits per heavy atom. The lowest BCUT2D eigenvalue weighted by Gasteiger charge is -2.22. The summed E-state index contributed by atoms with van der Waals surface area (Å²) in [6.45, 7) is 1.99. The lowest BCUT2D eigenvalue weighted by Crippen LogP contribution is -2.36. The summed E-state index contributed by atoms with van der Waals surface area (Å²) in [5.74, 6) is -0.415. The number of hydrogen-bond acceptors (Lipinski definition) is 5. The van der Waals surface area contributed by atoms with Crippen LogP contribution in [0.1, 0.15) is 55.8 Å². The highest BCUT2D eigenvalue weighted by Crippen LogP contribution is 2.19. The number of amides is 2. The second kappa shape index (κ2) is 10.6. The fraction of sp³-hybridized carbons (Fsp3) is 0.393. The maximum atomic E-state index is 13.6. The zero-order valence-electron chi connectivity index (χ0n) is 21.7. The number of benzene rings is 2. The summed E-state index contributed by atoms with van der Waals surface area (Å²) >= 11 is 0. The van der Waals surface area contributed by atoms with Crippen molar-refractivity contribution in [1.29, 1.82) is 0 Å². The van der Waals surface area contributed by atoms with Crippen molar-refractivity contribution in [2.24, 2.45) is 0 Å². The average molecular weight is 517 g/mol. The number of aromatic nitrogens is 4. The van der Waals surface area contributed by atoms with Gasteiger partial charge in [0.1, 0.15) is 6.54 Å². The lowest BCUT2D eigenvalue weighted by atomic mass is 9.95. The van der Waals surface area contributed by atoms with Crippen LogP contribution in [0.2, 0.25) is 0 Å². The molecule has 0 unspecified atom stereocenters. The molecule has 0 atom stereocenters. The van der Waals surface area contributed by atoms with E-state index >= 15 is 0 Å². The molecule has 1 saturated carbocycles. The van der Waals surface area contributed by atoms with Crippen molar-refractivity contribution in [3.63, 3.8) is 0 Å². The van der Waals surface area contributed by atoms with Crippen LogP contribution in [0.15, 0.2) is 58.1 Å². The van der Waals surface area contributed by atoms with E-state index in [1.165, 1.54) is 20.3 Å². The van der Waals surface area contributed by atoms with E-state index in [0.29, 0.717) is 35.1 Å². The number of para-hydroxylation sites is 1. The zero-order valence-corrected chi connectivity index (χ0v) is 21.7. The standard InChI is InChI=1S/C28H32N6O4/c1-3-16-32-26(37)22-15-14-19(25(36)29-20-10-6-4-7-11-20)17-23(22)34-27(32)30-33(28(34)38)18-24(35)31(2)21-12-8-5-9-13-21/h5,8-9,12-15,17,20H,3-4,6-7,10-11,16,18H2,1-2H3,(H,29,36). The summed E-state index contributed by atoms with van der Waals surface area (Å²) in [5.41, 5.74) is 0.523. The van der Waals surface area contributed by atoms with E-state index in [1.807, 2.05) is 25.1 Å². The Labute approximate surface area is 219 Å². The predicted octanol–water partition coefficient (Wildman–Crippen LogP) is 2.95. The first-order chi connectivity index (χ1) is 18.4. The second-order valence-electron chi connectivity index (χ2n) is 9.86. The summed E-state index contributed by atoms with van der Waals surface area (Å²) in [4.78, 5) is 54.5. The van der Waals surface area contributed by atoms with E-state index in [9.17, 15) is 19.2 Å². The van der Waals surface area contributed by atoms with Gasteiger partial charge in [0.25, 0.3) is 11.5 Å². The molecule has 2 aromatic carbocycles. The number of aryl methyl sites for hydroxylation is 1. The van der Waals surface area contributed by atoms with Crippen LogP contribution in [0.4, 0.5) is 5.69 Å². The minimum Gasteiger partial charge on any atom is -0.349 e. The average Bonchev–Trinajstić information content (AvgIpc) is 3.26. The second-order valence-corrected chi connectivity index (χ2v) is 9.86. The first-order valence-electron chi connectivity index (χ1n) is 13.2. The van der Waals surface area contributed by atoms with Crippen molar-refractivity contribution in [3.05, 3.63) is 74.9 Å². The van der Waals surface area contributed by atoms with Gasteiger partial charge >= 0.3 is 5.69 Å². The van der Waals surface area contributed by atoms with Crippen molar-refractivity contribution in [2.75, 3.05) is 11.9 Å². The van der Waals surface area contributed by atoms with E-state index in [2.05, 4.69) is 10.4 Å². The third-order valence-electron chi connectivity index (χ3n) is 7.23. The smallest absolute Gasteiger partial charge is 0.349 e. The molecule has 2 aromatic heterocycles. The van der Waals surface area contributed by atoms with Gasteiger partial charge in [0.2, 0.25) is 11.7 Å². The van der Waals surface area contributed by atoms with Gasteiger partial charge in [-0.05, 0) is 49.6 Å². The Kier molecular flexibility index (Phi) is 7.13. The van der Waals surface area contributed by atoms with Crippen molar-refractivity contribution in [2.45, 2.75) is 64.6 Å². The molecule has 1 N–H and O–H groups in total. The SMILES string of the molecule is CCCn1c(=O)c2ccc(C(=O)NC3CCCCC3)cc2n2c(=O)n(CC(=O)N(C)c3ccccc3)nc12. The van der Waals surface area contributed by atoms with E-state index in [1.54, 1.807) is 37.4 Å². The van der Waals surface area contributed by atoms with Crippen LogP contribution < -0.4 is 21.5 Å². The van der Waals surface area contributed by atoms with Crippen molar-refractivity contribution in [3.8, 4) is 0 Å². The Hall–Kier alpha value is -4.21. The summed E-state index contributed by atoms with van der Waals surface area (Å²) in [6, 6.07) is 14.0. The van der Waals surface area contributed by atoms with Crippen molar-refractivity contribution < 1.29 is 9.59 Å². The third-order valence-corrected chi connectivity index (χ3v) is 7.23. The maximum absolute atomic E-state index is 13.6. The molecule has 10 nitrogen and oxygen atoms in total. The normalized spacial score (nSPS) is 14.2. The van der Waals surface area contributed by atoms with Crippen molar-refractivity contribution >= 4 is 34.2 Å². The van der Waals surface area contributed by atoms with Crippen LogP contribution >= 0.6 is 0 Å². The minimum absolute atomic E-state index is 0.127. The Morgan fingerprint density at radius 2 is 1.79 bits per heavy atom. The van der Waals surface area contributed by atoms with Gasteiger partial charge < -0.3 is 10.2 Å². The van der Waals surface area contributed by atoms with E-state index in [-0.39, 0.29) is 35.7 Å². The third kappa shape index (κ3) is 4.73. The number of anilines is 1. The first kappa shape index (κ1) is 25.4. The number of fused-ring (bicyclic) bond motifs is 3. The van der Waals surface area contributed by atoms with Gasteiger partial charge in [-0.25, -0.2) is 13.9 Å². The van der Waals surface area contributed by atoms with Crippen LogP contribution in [0, 0.1) is 0 Å². The number of nitrogens with zero attached hydrogens (tertiary/aromatic N) is 5. The van der Waals surface area contributed by atoms with Gasteiger partial charge in [-0.2, -0.15) is 0 Å². The number of carbonyl (C=O) groups is 2. The maximum Gasteiger partial charge on any atom is 0.352 e. The van der Waals surface area contributed by atoms with E-state index in [4.69, 9.17) is 0 Å². The molecule has 1 fully saturated rings. The van der Waals surface area contributed by atoms with Gasteiger partial charge in [-0.3, -0.25) is 19.0 Å². The molecule has 10 heteroatoms. The quantitative estimate of drug-likeness (QED) is 0.406. The largest absolute Gasteiger partial charge is 0.352 e. The number of nitrogens with one attached hydrogen (secondary N) is 1. The molecule has 1 aliphatic carbocycles. The molecule has 0 spiro atoms. The molecular formula is C28H32N6O4. The number of rotatable bonds is 7. The number of hydrogen-bond donors (Lipinski definition) is 1. The molecule has 0 bridgehead atoms. The molecule has 2 amide bonds. The Bertz CT molecular complexity index is 1610. The van der Waals surface area contributed by atoms with Crippen LogP contribution in [-0.2, 0) is 17.9 Å². The summed E-state index contributed by atoms with van der Waals surface area (Å²) in [5, 5.41) is 7.81. The number of likely N-dealkylation sites (N-methyl/N-ethyl adjacent to an activating group) is 1. The molecular weight excluding hydrogens is 484 g/mol. The molecule has 198 valence electrons. The zero-order chi connectivity index (χ0) is 26.8. The molecule has 0 radical (unpaired) electrons. The highest BCUT2D eigenvalue weighted by atomic mass is 16.2. The van der Waals surface area contributed by atoms with Gasteiger partial charge in [0.15, 0.2) is 0 Å². The number of carbonyl (C=O) groups excluding carboxylic acids is 2. The Morgan fingerprint density at radius 3 is 2.50 bits per heavy atom. The predicted molar refractivity (Wildman–Crippen MR) is 146 cm³/mol. The highest BCUT2D eigenvalue weighted by Gasteiger charge is 2.22. The van der Waals surface area contributed by atoms with Gasteiger partial charge in [0.05, 0.1) is 10.9 Å². The van der Waals surface area contributed by atoms with E-state index in [0.717, 1.165) is 30.4 Å². The summed E-state index contributed by atoms with van der Waals surface area (Å²) < 4.78 is 3.86. The monoisotopic (exact) mass is 516 g/mol. The van der Waals surface area contributed by atoms with Gasteiger partial charge in [-0.15, -0.1) is 5.10 Å². The van der Waals surface area contributed by atoms with Gasteiger partial charge in [-0.1, -0.05) is 44.4 Å². The summed E-state index contributed by atoms with van der Waals surface area (Å²) in [6.07, 6.45) is 5.91. The molecule has 38 heavy (non-hydrogen) atoms. The molecule has 0 saturated heterocycles. The first-order valence-corrected chi connectivity index (χ1v) is 13.2. The van der Waals surface area contributed by atoms with Crippen LogP contribution in [0.5, 0.6) is 0 Å². The van der Waals surface area contributed by atoms with Crippen LogP contribution in [0.25, 0.3) is 16.7 Å². The molecule has 5 rings (SSSR count). The molecule has 4 aromatic rings. The topological polar surface area (TPSA) is 111 Å². The highest BCUT2D eigenvalue weighted by molar-refractivity contribution is 5.98. The van der Waals surface area contributed by atoms with Crippen LogP contribution in [0.3, 0.4) is 0 Å². The lowest BCUT2D eigenvalue weighted by molar-refractivity contribution is -0.119. The molecule has 2 heterocycles. The molecule has 1 aliphatic rings. The molecule has 0 aliphatic heterocycles. The fourth-order valence-corrected chi connectivity index (χ4v) is 5.13. The van der Waals surface area contributed by atoms with Crippen molar-refractivity contribution in [1.82, 2.24) is 24.1 Å². The van der Waals surface area contributed by atoms with Gasteiger partial charge in [0, 0.05) is 30.9 Å². The minimum atomic E-state index is -0.547. The Balaban J connectivity index is 1.57. The summed E-state index contributed by atoms with van der Waals surface area (Å²) in [7, 11) is 1.64.